The van der Waals surface area contributed by atoms with Crippen molar-refractivity contribution in [1.29, 1.82) is 0 Å². The van der Waals surface area contributed by atoms with E-state index in [2.05, 4.69) is 46.9 Å². The summed E-state index contributed by atoms with van der Waals surface area (Å²) < 4.78 is 0. The van der Waals surface area contributed by atoms with Crippen LogP contribution >= 0.6 is 11.8 Å². The van der Waals surface area contributed by atoms with Gasteiger partial charge in [0.05, 0.1) is 5.69 Å². The minimum absolute atomic E-state index is 0.527. The zero-order chi connectivity index (χ0) is 18.2. The van der Waals surface area contributed by atoms with Gasteiger partial charge in [-0.2, -0.15) is 11.8 Å². The molecule has 0 spiro atoms. The molecule has 4 heteroatoms. The number of aryl methyl sites for hydroxylation is 2. The molecule has 3 rings (SSSR count). The number of benzene rings is 1. The fourth-order valence-electron chi connectivity index (χ4n) is 3.90. The Morgan fingerprint density at radius 3 is 2.96 bits per heavy atom. The molecular formula is C22H31N3S. The van der Waals surface area contributed by atoms with E-state index in [9.17, 15) is 0 Å². The number of aromatic nitrogens is 2. The molecule has 2 unspecified atom stereocenters. The van der Waals surface area contributed by atoms with Crippen molar-refractivity contribution in [1.82, 2.24) is 9.97 Å². The molecule has 2 aromatic rings. The molecule has 1 aromatic carbocycles. The Kier molecular flexibility index (Phi) is 7.51. The standard InChI is InChI=1S/C22H31N3S/c1-2-3-21(14-23)20-7-6-18-12-17(4-5-19(18)13-20)16-26-11-8-22-15-24-9-10-25-22/h6-7,9-10,13,15,17,21H,2-5,8,11-12,14,16,23H2,1H3. The summed E-state index contributed by atoms with van der Waals surface area (Å²) in [5.41, 5.74) is 11.7. The highest BCUT2D eigenvalue weighted by Crippen LogP contribution is 2.31. The fourth-order valence-corrected chi connectivity index (χ4v) is 5.04. The first-order chi connectivity index (χ1) is 12.8. The predicted octanol–water partition coefficient (Wildman–Crippen LogP) is 4.40. The van der Waals surface area contributed by atoms with E-state index in [0.29, 0.717) is 5.92 Å². The van der Waals surface area contributed by atoms with Crippen molar-refractivity contribution in [3.8, 4) is 0 Å². The second-order valence-electron chi connectivity index (χ2n) is 7.38. The van der Waals surface area contributed by atoms with E-state index in [1.165, 1.54) is 43.4 Å². The smallest absolute Gasteiger partial charge is 0.0594 e. The van der Waals surface area contributed by atoms with Crippen molar-refractivity contribution in [2.75, 3.05) is 18.1 Å². The highest BCUT2D eigenvalue weighted by atomic mass is 32.2. The Hall–Kier alpha value is -1.39. The van der Waals surface area contributed by atoms with Crippen LogP contribution < -0.4 is 5.73 Å². The van der Waals surface area contributed by atoms with Crippen molar-refractivity contribution in [2.45, 2.75) is 51.4 Å². The average molecular weight is 370 g/mol. The maximum absolute atomic E-state index is 5.99. The lowest BCUT2D eigenvalue weighted by atomic mass is 9.82. The second kappa shape index (κ2) is 10.1. The van der Waals surface area contributed by atoms with Crippen LogP contribution in [-0.2, 0) is 19.3 Å². The molecule has 0 saturated carbocycles. The van der Waals surface area contributed by atoms with Gasteiger partial charge in [-0.15, -0.1) is 0 Å². The van der Waals surface area contributed by atoms with Gasteiger partial charge in [-0.25, -0.2) is 0 Å². The molecule has 0 aliphatic heterocycles. The minimum atomic E-state index is 0.527. The summed E-state index contributed by atoms with van der Waals surface area (Å²) in [5.74, 6) is 3.72. The number of fused-ring (bicyclic) bond motifs is 1. The fraction of sp³-hybridized carbons (Fsp3) is 0.545. The predicted molar refractivity (Wildman–Crippen MR) is 112 cm³/mol. The normalized spacial score (nSPS) is 17.7. The molecule has 1 aromatic heterocycles. The van der Waals surface area contributed by atoms with Crippen LogP contribution in [0.25, 0.3) is 0 Å². The number of hydrogen-bond acceptors (Lipinski definition) is 4. The lowest BCUT2D eigenvalue weighted by Crippen LogP contribution is -2.18. The zero-order valence-corrected chi connectivity index (χ0v) is 16.7. The van der Waals surface area contributed by atoms with Crippen molar-refractivity contribution >= 4 is 11.8 Å². The number of thioether (sulfide) groups is 1. The third-order valence-corrected chi connectivity index (χ3v) is 6.63. The third-order valence-electron chi connectivity index (χ3n) is 5.43. The topological polar surface area (TPSA) is 51.8 Å². The summed E-state index contributed by atoms with van der Waals surface area (Å²) in [6.07, 6.45) is 12.6. The highest BCUT2D eigenvalue weighted by molar-refractivity contribution is 7.99. The molecule has 3 nitrogen and oxygen atoms in total. The van der Waals surface area contributed by atoms with E-state index in [1.54, 1.807) is 23.5 Å². The van der Waals surface area contributed by atoms with Crippen LogP contribution in [0, 0.1) is 5.92 Å². The van der Waals surface area contributed by atoms with Gasteiger partial charge in [0.15, 0.2) is 0 Å². The summed E-state index contributed by atoms with van der Waals surface area (Å²) in [4.78, 5) is 8.49. The molecule has 0 bridgehead atoms. The minimum Gasteiger partial charge on any atom is -0.330 e. The summed E-state index contributed by atoms with van der Waals surface area (Å²) in [6.45, 7) is 3.01. The van der Waals surface area contributed by atoms with Crippen LogP contribution in [0.3, 0.4) is 0 Å². The second-order valence-corrected chi connectivity index (χ2v) is 8.53. The molecule has 0 amide bonds. The summed E-state index contributed by atoms with van der Waals surface area (Å²) >= 11 is 2.06. The SMILES string of the molecule is CCCC(CN)c1ccc2c(c1)CCC(CSCCc1cnccn1)C2. The van der Waals surface area contributed by atoms with Crippen LogP contribution in [-0.4, -0.2) is 28.0 Å². The van der Waals surface area contributed by atoms with Crippen LogP contribution in [0.2, 0.25) is 0 Å². The van der Waals surface area contributed by atoms with Gasteiger partial charge in [-0.05, 0) is 72.3 Å². The molecule has 0 saturated heterocycles. The van der Waals surface area contributed by atoms with Crippen LogP contribution in [0.1, 0.15) is 54.5 Å². The van der Waals surface area contributed by atoms with E-state index in [4.69, 9.17) is 5.73 Å². The molecule has 0 radical (unpaired) electrons. The number of nitrogens with two attached hydrogens (primary N) is 1. The number of hydrogen-bond donors (Lipinski definition) is 1. The quantitative estimate of drug-likeness (QED) is 0.666. The van der Waals surface area contributed by atoms with E-state index in [1.807, 2.05) is 6.20 Å². The molecule has 140 valence electrons. The van der Waals surface area contributed by atoms with E-state index in [0.717, 1.165) is 30.3 Å². The van der Waals surface area contributed by atoms with E-state index < -0.39 is 0 Å². The van der Waals surface area contributed by atoms with Crippen molar-refractivity contribution in [2.24, 2.45) is 11.7 Å². The largest absolute Gasteiger partial charge is 0.330 e. The lowest BCUT2D eigenvalue weighted by molar-refractivity contribution is 0.508. The maximum atomic E-state index is 5.99. The van der Waals surface area contributed by atoms with Crippen molar-refractivity contribution in [3.05, 3.63) is 59.2 Å². The molecule has 1 aliphatic carbocycles. The molecule has 26 heavy (non-hydrogen) atoms. The van der Waals surface area contributed by atoms with Gasteiger partial charge in [0.25, 0.3) is 0 Å². The van der Waals surface area contributed by atoms with Gasteiger partial charge in [-0.3, -0.25) is 9.97 Å². The average Bonchev–Trinajstić information content (AvgIpc) is 2.70. The number of nitrogens with zero attached hydrogens (tertiary/aromatic N) is 2. The van der Waals surface area contributed by atoms with Gasteiger partial charge in [0, 0.05) is 25.0 Å². The molecule has 1 aliphatic rings. The van der Waals surface area contributed by atoms with Crippen molar-refractivity contribution < 1.29 is 0 Å². The molecule has 0 fully saturated rings. The van der Waals surface area contributed by atoms with E-state index in [-0.39, 0.29) is 0 Å². The summed E-state index contributed by atoms with van der Waals surface area (Å²) in [6, 6.07) is 7.15. The first kappa shape index (κ1) is 19.4. The number of rotatable bonds is 9. The Labute approximate surface area is 162 Å². The molecule has 2 N–H and O–H groups in total. The lowest BCUT2D eigenvalue weighted by Gasteiger charge is -2.26. The van der Waals surface area contributed by atoms with Gasteiger partial charge >= 0.3 is 0 Å². The van der Waals surface area contributed by atoms with Crippen LogP contribution in [0.15, 0.2) is 36.8 Å². The summed E-state index contributed by atoms with van der Waals surface area (Å²) in [7, 11) is 0. The van der Waals surface area contributed by atoms with E-state index >= 15 is 0 Å². The molecule has 1 heterocycles. The van der Waals surface area contributed by atoms with Gasteiger partial charge < -0.3 is 5.73 Å². The summed E-state index contributed by atoms with van der Waals surface area (Å²) in [5, 5.41) is 0. The zero-order valence-electron chi connectivity index (χ0n) is 15.9. The highest BCUT2D eigenvalue weighted by Gasteiger charge is 2.20. The Bertz CT molecular complexity index is 674. The third kappa shape index (κ3) is 5.31. The first-order valence-electron chi connectivity index (χ1n) is 9.94. The van der Waals surface area contributed by atoms with Gasteiger partial charge in [0.2, 0.25) is 0 Å². The molecular weight excluding hydrogens is 338 g/mol. The molecule has 2 atom stereocenters. The first-order valence-corrected chi connectivity index (χ1v) is 11.1. The van der Waals surface area contributed by atoms with Crippen LogP contribution in [0.4, 0.5) is 0 Å². The monoisotopic (exact) mass is 369 g/mol. The van der Waals surface area contributed by atoms with Crippen LogP contribution in [0.5, 0.6) is 0 Å². The maximum Gasteiger partial charge on any atom is 0.0594 e. The Balaban J connectivity index is 1.48. The van der Waals surface area contributed by atoms with Gasteiger partial charge in [0.1, 0.15) is 0 Å². The van der Waals surface area contributed by atoms with Gasteiger partial charge in [-0.1, -0.05) is 31.5 Å². The Morgan fingerprint density at radius 1 is 1.27 bits per heavy atom. The Morgan fingerprint density at radius 2 is 2.19 bits per heavy atom. The van der Waals surface area contributed by atoms with Crippen molar-refractivity contribution in [3.63, 3.8) is 0 Å².